The molecule has 1 saturated carbocycles. The molecule has 2 rings (SSSR count). The molecule has 7 heteroatoms. The molecule has 0 bridgehead atoms. The molecule has 0 spiro atoms. The number of carbonyl (C=O) groups excluding carboxylic acids is 1. The first kappa shape index (κ1) is 20.4. The highest BCUT2D eigenvalue weighted by atomic mass is 79.9. The van der Waals surface area contributed by atoms with Gasteiger partial charge in [0.15, 0.2) is 12.2 Å². The van der Waals surface area contributed by atoms with E-state index in [-0.39, 0.29) is 18.1 Å². The van der Waals surface area contributed by atoms with Crippen molar-refractivity contribution < 1.29 is 19.4 Å². The number of aliphatic hydroxyl groups is 1. The lowest BCUT2D eigenvalue weighted by Gasteiger charge is -2.32. The van der Waals surface area contributed by atoms with E-state index < -0.39 is 9.74 Å². The summed E-state index contributed by atoms with van der Waals surface area (Å²) >= 11 is 3.25. The first-order valence-corrected chi connectivity index (χ1v) is 9.75. The van der Waals surface area contributed by atoms with Crippen LogP contribution in [-0.2, 0) is 14.3 Å². The number of hydrogen-bond acceptors (Lipinski definition) is 5. The standard InChI is InChI=1S/C18H29BrN2O4/c1-17(2,19)16(23)21-14(22)11-13(20)18(8-4-5-9-18)12-25-15-7-3-6-10-24-15/h11,15,20,22H,3-10,12H2,1-2H3,(H,21,23)/b14-11-,20-13?. The average molecular weight is 417 g/mol. The van der Waals surface area contributed by atoms with E-state index >= 15 is 0 Å². The fourth-order valence-corrected chi connectivity index (χ4v) is 3.33. The second-order valence-electron chi connectivity index (χ2n) is 7.46. The minimum absolute atomic E-state index is 0.189. The Kier molecular flexibility index (Phi) is 7.05. The van der Waals surface area contributed by atoms with Crippen molar-refractivity contribution in [3.05, 3.63) is 12.0 Å². The summed E-state index contributed by atoms with van der Waals surface area (Å²) < 4.78 is 10.8. The summed E-state index contributed by atoms with van der Waals surface area (Å²) in [5, 5.41) is 20.9. The monoisotopic (exact) mass is 416 g/mol. The van der Waals surface area contributed by atoms with Crippen LogP contribution in [0, 0.1) is 10.8 Å². The summed E-state index contributed by atoms with van der Waals surface area (Å²) in [5.41, 5.74) is -0.116. The Balaban J connectivity index is 1.98. The molecule has 1 saturated heterocycles. The number of aliphatic hydroxyl groups excluding tert-OH is 1. The van der Waals surface area contributed by atoms with Crippen LogP contribution in [0.2, 0.25) is 0 Å². The van der Waals surface area contributed by atoms with Crippen molar-refractivity contribution in [3.63, 3.8) is 0 Å². The number of rotatable bonds is 7. The fourth-order valence-electron chi connectivity index (χ4n) is 3.23. The maximum Gasteiger partial charge on any atom is 0.242 e. The van der Waals surface area contributed by atoms with Gasteiger partial charge in [-0.1, -0.05) is 28.8 Å². The van der Waals surface area contributed by atoms with Crippen LogP contribution in [0.25, 0.3) is 0 Å². The van der Waals surface area contributed by atoms with Crippen LogP contribution < -0.4 is 5.32 Å². The summed E-state index contributed by atoms with van der Waals surface area (Å²) in [6, 6.07) is 0. The third-order valence-corrected chi connectivity index (χ3v) is 5.24. The van der Waals surface area contributed by atoms with Crippen LogP contribution in [0.15, 0.2) is 12.0 Å². The van der Waals surface area contributed by atoms with Gasteiger partial charge in [-0.05, 0) is 46.0 Å². The molecule has 1 heterocycles. The molecule has 25 heavy (non-hydrogen) atoms. The largest absolute Gasteiger partial charge is 0.494 e. The molecular formula is C18H29BrN2O4. The summed E-state index contributed by atoms with van der Waals surface area (Å²) in [6.07, 6.45) is 7.98. The lowest BCUT2D eigenvalue weighted by Crippen LogP contribution is -2.38. The minimum Gasteiger partial charge on any atom is -0.494 e. The second-order valence-corrected chi connectivity index (χ2v) is 9.45. The molecule has 3 N–H and O–H groups in total. The Bertz CT molecular complexity index is 516. The normalized spacial score (nSPS) is 24.1. The molecule has 1 atom stereocenters. The van der Waals surface area contributed by atoms with E-state index in [4.69, 9.17) is 14.9 Å². The highest BCUT2D eigenvalue weighted by Gasteiger charge is 2.39. The van der Waals surface area contributed by atoms with Crippen LogP contribution in [-0.4, -0.2) is 40.6 Å². The molecule has 1 aliphatic heterocycles. The maximum absolute atomic E-state index is 11.9. The van der Waals surface area contributed by atoms with Crippen molar-refractivity contribution in [1.29, 1.82) is 5.41 Å². The highest BCUT2D eigenvalue weighted by molar-refractivity contribution is 9.10. The van der Waals surface area contributed by atoms with Crippen molar-refractivity contribution >= 4 is 27.5 Å². The van der Waals surface area contributed by atoms with Crippen LogP contribution >= 0.6 is 15.9 Å². The van der Waals surface area contributed by atoms with E-state index in [9.17, 15) is 9.90 Å². The van der Waals surface area contributed by atoms with Crippen LogP contribution in [0.5, 0.6) is 0 Å². The van der Waals surface area contributed by atoms with E-state index in [2.05, 4.69) is 21.2 Å². The predicted molar refractivity (Wildman–Crippen MR) is 100 cm³/mol. The molecule has 0 aromatic carbocycles. The lowest BCUT2D eigenvalue weighted by atomic mass is 9.81. The number of amides is 1. The molecule has 0 aromatic rings. The van der Waals surface area contributed by atoms with Gasteiger partial charge in [-0.15, -0.1) is 0 Å². The van der Waals surface area contributed by atoms with Crippen LogP contribution in [0.4, 0.5) is 0 Å². The fraction of sp³-hybridized carbons (Fsp3) is 0.778. The number of ether oxygens (including phenoxy) is 2. The SMILES string of the molecule is CC(C)(Br)C(=O)N/C(O)=C/C(=N)C1(COC2CCCCO2)CCCC1. The zero-order valence-corrected chi connectivity index (χ0v) is 16.7. The van der Waals surface area contributed by atoms with E-state index in [1.165, 1.54) is 6.08 Å². The molecule has 0 aromatic heterocycles. The zero-order chi connectivity index (χ0) is 18.5. The van der Waals surface area contributed by atoms with Crippen molar-refractivity contribution in [2.75, 3.05) is 13.2 Å². The van der Waals surface area contributed by atoms with Gasteiger partial charge in [-0.25, -0.2) is 0 Å². The highest BCUT2D eigenvalue weighted by Crippen LogP contribution is 2.40. The number of carbonyl (C=O) groups is 1. The Morgan fingerprint density at radius 3 is 2.64 bits per heavy atom. The average Bonchev–Trinajstić information content (AvgIpc) is 3.03. The third-order valence-electron chi connectivity index (χ3n) is 4.88. The van der Waals surface area contributed by atoms with Crippen molar-refractivity contribution in [2.45, 2.75) is 69.4 Å². The van der Waals surface area contributed by atoms with E-state index in [0.717, 1.165) is 51.6 Å². The van der Waals surface area contributed by atoms with E-state index in [0.29, 0.717) is 12.3 Å². The summed E-state index contributed by atoms with van der Waals surface area (Å²) in [6.45, 7) is 4.52. The minimum atomic E-state index is -0.788. The van der Waals surface area contributed by atoms with Crippen LogP contribution in [0.3, 0.4) is 0 Å². The van der Waals surface area contributed by atoms with Gasteiger partial charge in [0.25, 0.3) is 0 Å². The number of halogens is 1. The third kappa shape index (κ3) is 5.79. The number of nitrogens with one attached hydrogen (secondary N) is 2. The smallest absolute Gasteiger partial charge is 0.242 e. The van der Waals surface area contributed by atoms with Gasteiger partial charge in [0.1, 0.15) is 0 Å². The van der Waals surface area contributed by atoms with Gasteiger partial charge < -0.3 is 20.0 Å². The molecule has 2 aliphatic rings. The molecule has 2 fully saturated rings. The molecule has 0 radical (unpaired) electrons. The Labute approximate surface area is 158 Å². The molecular weight excluding hydrogens is 388 g/mol. The summed E-state index contributed by atoms with van der Waals surface area (Å²) in [5.74, 6) is -0.663. The first-order chi connectivity index (χ1) is 11.7. The van der Waals surface area contributed by atoms with Gasteiger partial charge in [0, 0.05) is 23.8 Å². The second kappa shape index (κ2) is 8.64. The zero-order valence-electron chi connectivity index (χ0n) is 15.1. The van der Waals surface area contributed by atoms with Crippen molar-refractivity contribution in [1.82, 2.24) is 5.32 Å². The molecule has 1 amide bonds. The maximum atomic E-state index is 11.9. The van der Waals surface area contributed by atoms with Gasteiger partial charge in [0.2, 0.25) is 5.91 Å². The van der Waals surface area contributed by atoms with Crippen molar-refractivity contribution in [3.8, 4) is 0 Å². The number of alkyl halides is 1. The molecule has 1 aliphatic carbocycles. The lowest BCUT2D eigenvalue weighted by molar-refractivity contribution is -0.172. The Morgan fingerprint density at radius 1 is 1.40 bits per heavy atom. The van der Waals surface area contributed by atoms with E-state index in [1.807, 2.05) is 0 Å². The first-order valence-electron chi connectivity index (χ1n) is 8.96. The van der Waals surface area contributed by atoms with Gasteiger partial charge in [-0.2, -0.15) is 0 Å². The van der Waals surface area contributed by atoms with Gasteiger partial charge in [0.05, 0.1) is 10.9 Å². The predicted octanol–water partition coefficient (Wildman–Crippen LogP) is 3.80. The van der Waals surface area contributed by atoms with Crippen LogP contribution in [0.1, 0.15) is 58.8 Å². The van der Waals surface area contributed by atoms with E-state index in [1.54, 1.807) is 13.8 Å². The summed E-state index contributed by atoms with van der Waals surface area (Å²) in [7, 11) is 0. The molecule has 142 valence electrons. The quantitative estimate of drug-likeness (QED) is 0.334. The van der Waals surface area contributed by atoms with Gasteiger partial charge >= 0.3 is 0 Å². The molecule has 1 unspecified atom stereocenters. The molecule has 6 nitrogen and oxygen atoms in total. The van der Waals surface area contributed by atoms with Crippen molar-refractivity contribution in [2.24, 2.45) is 5.41 Å². The summed E-state index contributed by atoms with van der Waals surface area (Å²) in [4.78, 5) is 11.9. The van der Waals surface area contributed by atoms with Gasteiger partial charge in [-0.3, -0.25) is 10.1 Å². The number of allylic oxidation sites excluding steroid dienone is 1. The Morgan fingerprint density at radius 2 is 2.08 bits per heavy atom. The number of hydrogen-bond donors (Lipinski definition) is 3. The Hall–Kier alpha value is -0.920. The topological polar surface area (TPSA) is 91.6 Å².